The average molecular weight is 220 g/mol. The van der Waals surface area contributed by atoms with E-state index in [0.29, 0.717) is 13.2 Å². The van der Waals surface area contributed by atoms with Crippen LogP contribution in [0.1, 0.15) is 18.5 Å². The van der Waals surface area contributed by atoms with Gasteiger partial charge in [0.25, 0.3) is 0 Å². The standard InChI is InChI=1S/C12H16N2O2/c1-9(13-2)10-5-3-4-6-11(10)14-7-8-16-12(14)15/h3-6,9,13H,7-8H2,1-2H3. The number of para-hydroxylation sites is 1. The molecule has 4 heteroatoms. The number of carbonyl (C=O) groups excluding carboxylic acids is 1. The molecule has 1 atom stereocenters. The van der Waals surface area contributed by atoms with Crippen LogP contribution in [-0.2, 0) is 4.74 Å². The second-order valence-electron chi connectivity index (χ2n) is 3.84. The van der Waals surface area contributed by atoms with Crippen molar-refractivity contribution in [1.29, 1.82) is 0 Å². The summed E-state index contributed by atoms with van der Waals surface area (Å²) < 4.78 is 4.95. The molecule has 1 fully saturated rings. The third-order valence-electron chi connectivity index (χ3n) is 2.89. The van der Waals surface area contributed by atoms with Gasteiger partial charge in [0.2, 0.25) is 0 Å². The summed E-state index contributed by atoms with van der Waals surface area (Å²) in [5, 5.41) is 3.18. The lowest BCUT2D eigenvalue weighted by atomic mass is 10.1. The summed E-state index contributed by atoms with van der Waals surface area (Å²) in [5.41, 5.74) is 2.05. The highest BCUT2D eigenvalue weighted by Crippen LogP contribution is 2.27. The minimum absolute atomic E-state index is 0.213. The van der Waals surface area contributed by atoms with E-state index in [-0.39, 0.29) is 12.1 Å². The maximum atomic E-state index is 11.5. The molecule has 16 heavy (non-hydrogen) atoms. The number of carbonyl (C=O) groups is 1. The summed E-state index contributed by atoms with van der Waals surface area (Å²) in [5.74, 6) is 0. The Balaban J connectivity index is 2.36. The maximum absolute atomic E-state index is 11.5. The summed E-state index contributed by atoms with van der Waals surface area (Å²) in [7, 11) is 1.91. The molecule has 1 heterocycles. The maximum Gasteiger partial charge on any atom is 0.414 e. The number of ether oxygens (including phenoxy) is 1. The van der Waals surface area contributed by atoms with Crippen LogP contribution in [0.3, 0.4) is 0 Å². The minimum Gasteiger partial charge on any atom is -0.447 e. The van der Waals surface area contributed by atoms with Crippen LogP contribution in [0.25, 0.3) is 0 Å². The lowest BCUT2D eigenvalue weighted by Crippen LogP contribution is -2.26. The Labute approximate surface area is 95.2 Å². The molecule has 1 unspecified atom stereocenters. The van der Waals surface area contributed by atoms with Crippen molar-refractivity contribution in [1.82, 2.24) is 5.32 Å². The van der Waals surface area contributed by atoms with Gasteiger partial charge >= 0.3 is 6.09 Å². The summed E-state index contributed by atoms with van der Waals surface area (Å²) in [6.07, 6.45) is -0.254. The second-order valence-corrected chi connectivity index (χ2v) is 3.84. The van der Waals surface area contributed by atoms with Crippen molar-refractivity contribution in [3.8, 4) is 0 Å². The Bertz CT molecular complexity index is 392. The van der Waals surface area contributed by atoms with Gasteiger partial charge < -0.3 is 10.1 Å². The quantitative estimate of drug-likeness (QED) is 0.846. The zero-order valence-electron chi connectivity index (χ0n) is 9.56. The highest BCUT2D eigenvalue weighted by atomic mass is 16.6. The molecule has 86 valence electrons. The molecule has 0 bridgehead atoms. The molecule has 0 aliphatic carbocycles. The zero-order chi connectivity index (χ0) is 11.5. The fraction of sp³-hybridized carbons (Fsp3) is 0.417. The van der Waals surface area contributed by atoms with Gasteiger partial charge in [0.05, 0.1) is 12.2 Å². The number of hydrogen-bond donors (Lipinski definition) is 1. The number of anilines is 1. The van der Waals surface area contributed by atoms with Crippen molar-refractivity contribution in [2.45, 2.75) is 13.0 Å². The first-order valence-electron chi connectivity index (χ1n) is 5.44. The molecule has 1 aliphatic rings. The molecule has 1 aromatic rings. The molecule has 2 rings (SSSR count). The predicted molar refractivity (Wildman–Crippen MR) is 62.6 cm³/mol. The molecule has 4 nitrogen and oxygen atoms in total. The van der Waals surface area contributed by atoms with Crippen molar-refractivity contribution in [2.24, 2.45) is 0 Å². The molecule has 0 aromatic heterocycles. The molecule has 1 N–H and O–H groups in total. The van der Waals surface area contributed by atoms with Gasteiger partial charge in [0.15, 0.2) is 0 Å². The zero-order valence-corrected chi connectivity index (χ0v) is 9.56. The summed E-state index contributed by atoms with van der Waals surface area (Å²) in [6.45, 7) is 3.17. The van der Waals surface area contributed by atoms with Gasteiger partial charge in [-0.3, -0.25) is 4.90 Å². The number of nitrogens with one attached hydrogen (secondary N) is 1. The van der Waals surface area contributed by atoms with Crippen LogP contribution in [0.2, 0.25) is 0 Å². The Hall–Kier alpha value is -1.55. The van der Waals surface area contributed by atoms with E-state index < -0.39 is 0 Å². The van der Waals surface area contributed by atoms with Gasteiger partial charge in [0.1, 0.15) is 6.61 Å². The van der Waals surface area contributed by atoms with Crippen LogP contribution in [0.5, 0.6) is 0 Å². The topological polar surface area (TPSA) is 41.6 Å². The monoisotopic (exact) mass is 220 g/mol. The van der Waals surface area contributed by atoms with E-state index in [9.17, 15) is 4.79 Å². The van der Waals surface area contributed by atoms with E-state index in [1.807, 2.05) is 31.3 Å². The fourth-order valence-corrected chi connectivity index (χ4v) is 1.87. The van der Waals surface area contributed by atoms with Gasteiger partial charge in [0, 0.05) is 6.04 Å². The molecule has 0 saturated carbocycles. The highest BCUT2D eigenvalue weighted by Gasteiger charge is 2.26. The van der Waals surface area contributed by atoms with Gasteiger partial charge in [-0.2, -0.15) is 0 Å². The van der Waals surface area contributed by atoms with E-state index >= 15 is 0 Å². The van der Waals surface area contributed by atoms with Gasteiger partial charge in [-0.15, -0.1) is 0 Å². The largest absolute Gasteiger partial charge is 0.447 e. The van der Waals surface area contributed by atoms with Crippen LogP contribution in [0.15, 0.2) is 24.3 Å². The molecule has 0 radical (unpaired) electrons. The Kier molecular flexibility index (Phi) is 3.10. The van der Waals surface area contributed by atoms with Crippen LogP contribution < -0.4 is 10.2 Å². The Morgan fingerprint density at radius 1 is 1.44 bits per heavy atom. The Morgan fingerprint density at radius 2 is 2.19 bits per heavy atom. The highest BCUT2D eigenvalue weighted by molar-refractivity contribution is 5.90. The van der Waals surface area contributed by atoms with E-state index in [0.717, 1.165) is 11.3 Å². The third kappa shape index (κ3) is 1.88. The van der Waals surface area contributed by atoms with Crippen molar-refractivity contribution < 1.29 is 9.53 Å². The van der Waals surface area contributed by atoms with Crippen LogP contribution >= 0.6 is 0 Å². The predicted octanol–water partition coefficient (Wildman–Crippen LogP) is 1.92. The SMILES string of the molecule is CNC(C)c1ccccc1N1CCOC1=O. The van der Waals surface area contributed by atoms with Gasteiger partial charge in [-0.05, 0) is 25.6 Å². The average Bonchev–Trinajstić information content (AvgIpc) is 2.74. The number of hydrogen-bond acceptors (Lipinski definition) is 3. The van der Waals surface area contributed by atoms with Crippen LogP contribution in [-0.4, -0.2) is 26.3 Å². The van der Waals surface area contributed by atoms with Crippen molar-refractivity contribution in [3.05, 3.63) is 29.8 Å². The van der Waals surface area contributed by atoms with Crippen molar-refractivity contribution in [3.63, 3.8) is 0 Å². The first kappa shape index (κ1) is 11.0. The summed E-state index contributed by atoms with van der Waals surface area (Å²) >= 11 is 0. The number of amides is 1. The van der Waals surface area contributed by atoms with E-state index in [4.69, 9.17) is 4.74 Å². The lowest BCUT2D eigenvalue weighted by molar-refractivity contribution is 0.181. The first-order chi connectivity index (χ1) is 7.74. The van der Waals surface area contributed by atoms with Crippen molar-refractivity contribution >= 4 is 11.8 Å². The molecule has 1 aliphatic heterocycles. The number of benzene rings is 1. The molecular weight excluding hydrogens is 204 g/mol. The normalized spacial score (nSPS) is 17.4. The van der Waals surface area contributed by atoms with Crippen LogP contribution in [0, 0.1) is 0 Å². The summed E-state index contributed by atoms with van der Waals surface area (Å²) in [4.78, 5) is 13.2. The smallest absolute Gasteiger partial charge is 0.414 e. The second kappa shape index (κ2) is 4.53. The van der Waals surface area contributed by atoms with E-state index in [1.54, 1.807) is 4.90 Å². The first-order valence-corrected chi connectivity index (χ1v) is 5.44. The fourth-order valence-electron chi connectivity index (χ4n) is 1.87. The number of cyclic esters (lactones) is 1. The van der Waals surface area contributed by atoms with Gasteiger partial charge in [-0.1, -0.05) is 18.2 Å². The van der Waals surface area contributed by atoms with Crippen LogP contribution in [0.4, 0.5) is 10.5 Å². The summed E-state index contributed by atoms with van der Waals surface area (Å²) in [6, 6.07) is 8.11. The third-order valence-corrected chi connectivity index (χ3v) is 2.89. The Morgan fingerprint density at radius 3 is 2.81 bits per heavy atom. The number of nitrogens with zero attached hydrogens (tertiary/aromatic N) is 1. The van der Waals surface area contributed by atoms with E-state index in [2.05, 4.69) is 12.2 Å². The van der Waals surface area contributed by atoms with Crippen molar-refractivity contribution in [2.75, 3.05) is 25.1 Å². The molecule has 1 aromatic carbocycles. The molecule has 1 amide bonds. The lowest BCUT2D eigenvalue weighted by Gasteiger charge is -2.20. The molecule has 0 spiro atoms. The minimum atomic E-state index is -0.254. The number of rotatable bonds is 3. The molecular formula is C12H16N2O2. The van der Waals surface area contributed by atoms with E-state index in [1.165, 1.54) is 0 Å². The van der Waals surface area contributed by atoms with Gasteiger partial charge in [-0.25, -0.2) is 4.79 Å². The molecule has 1 saturated heterocycles.